The Balaban J connectivity index is 2.43. The van der Waals surface area contributed by atoms with Crippen molar-refractivity contribution >= 4 is 8.32 Å². The van der Waals surface area contributed by atoms with Crippen molar-refractivity contribution in [2.45, 2.75) is 45.0 Å². The summed E-state index contributed by atoms with van der Waals surface area (Å²) in [7, 11) is -1.32. The van der Waals surface area contributed by atoms with E-state index in [0.717, 1.165) is 0 Å². The molecule has 0 saturated heterocycles. The molecule has 0 aliphatic heterocycles. The lowest BCUT2D eigenvalue weighted by Crippen LogP contribution is -2.31. The molecule has 1 fully saturated rings. The van der Waals surface area contributed by atoms with E-state index in [2.05, 4.69) is 26.2 Å². The smallest absolute Gasteiger partial charge is 0.184 e. The minimum atomic E-state index is -1.32. The molecule has 1 unspecified atom stereocenters. The van der Waals surface area contributed by atoms with Gasteiger partial charge in [0.2, 0.25) is 0 Å². The van der Waals surface area contributed by atoms with Crippen molar-refractivity contribution < 1.29 is 4.43 Å². The first kappa shape index (κ1) is 9.01. The maximum absolute atomic E-state index is 5.95. The maximum atomic E-state index is 5.95. The van der Waals surface area contributed by atoms with Gasteiger partial charge in [-0.15, -0.1) is 0 Å². The first-order valence-corrected chi connectivity index (χ1v) is 7.75. The normalized spacial score (nSPS) is 26.1. The van der Waals surface area contributed by atoms with Crippen LogP contribution in [0.25, 0.3) is 0 Å². The minimum Gasteiger partial charge on any atom is -0.411 e. The van der Waals surface area contributed by atoms with Gasteiger partial charge in [-0.05, 0) is 38.9 Å². The Morgan fingerprint density at radius 1 is 1.45 bits per heavy atom. The van der Waals surface area contributed by atoms with Crippen LogP contribution < -0.4 is 0 Å². The fourth-order valence-corrected chi connectivity index (χ4v) is 2.59. The molecule has 1 aliphatic rings. The molecule has 0 N–H and O–H groups in total. The second-order valence-electron chi connectivity index (χ2n) is 4.27. The molecule has 1 rings (SSSR count). The van der Waals surface area contributed by atoms with E-state index in [9.17, 15) is 0 Å². The van der Waals surface area contributed by atoms with E-state index < -0.39 is 8.32 Å². The zero-order chi connectivity index (χ0) is 8.48. The van der Waals surface area contributed by atoms with E-state index in [-0.39, 0.29) is 0 Å². The lowest BCUT2D eigenvalue weighted by atomic mass is 10.2. The van der Waals surface area contributed by atoms with Crippen LogP contribution in [-0.4, -0.2) is 14.4 Å². The molecule has 0 amide bonds. The largest absolute Gasteiger partial charge is 0.411 e. The molecule has 0 radical (unpaired) electrons. The highest BCUT2D eigenvalue weighted by molar-refractivity contribution is 6.69. The average molecular weight is 170 g/mol. The summed E-state index contributed by atoms with van der Waals surface area (Å²) >= 11 is 0. The van der Waals surface area contributed by atoms with Gasteiger partial charge in [0.25, 0.3) is 0 Å². The molecule has 2 heteroatoms. The third-order valence-corrected chi connectivity index (χ3v) is 2.91. The summed E-state index contributed by atoms with van der Waals surface area (Å²) in [5, 5.41) is 0. The van der Waals surface area contributed by atoms with Crippen molar-refractivity contribution in [1.29, 1.82) is 0 Å². The van der Waals surface area contributed by atoms with Gasteiger partial charge in [-0.25, -0.2) is 0 Å². The fourth-order valence-electron chi connectivity index (χ4n) is 1.45. The molecule has 0 heterocycles. The van der Waals surface area contributed by atoms with Crippen LogP contribution in [0.1, 0.15) is 19.3 Å². The Morgan fingerprint density at radius 2 is 2.09 bits per heavy atom. The average Bonchev–Trinajstić information content (AvgIpc) is 2.12. The van der Waals surface area contributed by atoms with Gasteiger partial charge in [-0.3, -0.25) is 0 Å². The van der Waals surface area contributed by atoms with Crippen molar-refractivity contribution in [3.8, 4) is 0 Å². The lowest BCUT2D eigenvalue weighted by molar-refractivity contribution is 0.237. The second kappa shape index (κ2) is 3.11. The van der Waals surface area contributed by atoms with Crippen molar-refractivity contribution in [2.24, 2.45) is 0 Å². The van der Waals surface area contributed by atoms with E-state index in [1.807, 2.05) is 0 Å². The van der Waals surface area contributed by atoms with Crippen molar-refractivity contribution in [1.82, 2.24) is 0 Å². The molecule has 64 valence electrons. The third-order valence-electron chi connectivity index (χ3n) is 1.92. The Hall–Kier alpha value is -0.0831. The summed E-state index contributed by atoms with van der Waals surface area (Å²) in [6.07, 6.45) is 4.04. The summed E-state index contributed by atoms with van der Waals surface area (Å²) in [6.45, 7) is 10.7. The van der Waals surface area contributed by atoms with Crippen molar-refractivity contribution in [3.05, 3.63) is 12.2 Å². The summed E-state index contributed by atoms with van der Waals surface area (Å²) < 4.78 is 5.95. The fraction of sp³-hybridized carbons (Fsp3) is 0.778. The van der Waals surface area contributed by atoms with Crippen molar-refractivity contribution in [3.63, 3.8) is 0 Å². The molecular weight excluding hydrogens is 152 g/mol. The highest BCUT2D eigenvalue weighted by Gasteiger charge is 2.25. The molecule has 1 aliphatic carbocycles. The van der Waals surface area contributed by atoms with Crippen LogP contribution in [0.2, 0.25) is 19.6 Å². The first-order valence-electron chi connectivity index (χ1n) is 4.34. The van der Waals surface area contributed by atoms with Gasteiger partial charge in [0, 0.05) is 0 Å². The number of hydrogen-bond donors (Lipinski definition) is 0. The SMILES string of the molecule is C=C1CCCC1O[Si](C)(C)C. The molecular formula is C9H18OSi. The van der Waals surface area contributed by atoms with E-state index in [0.29, 0.717) is 6.10 Å². The summed E-state index contributed by atoms with van der Waals surface area (Å²) in [6, 6.07) is 0. The third kappa shape index (κ3) is 2.79. The van der Waals surface area contributed by atoms with Crippen LogP contribution in [0.5, 0.6) is 0 Å². The summed E-state index contributed by atoms with van der Waals surface area (Å²) in [5.74, 6) is 0. The Kier molecular flexibility index (Phi) is 2.55. The van der Waals surface area contributed by atoms with E-state index >= 15 is 0 Å². The Morgan fingerprint density at radius 3 is 2.45 bits per heavy atom. The van der Waals surface area contributed by atoms with Gasteiger partial charge in [0.05, 0.1) is 6.10 Å². The number of hydrogen-bond acceptors (Lipinski definition) is 1. The molecule has 0 spiro atoms. The van der Waals surface area contributed by atoms with Gasteiger partial charge in [-0.2, -0.15) is 0 Å². The highest BCUT2D eigenvalue weighted by atomic mass is 28.4. The first-order chi connectivity index (χ1) is 4.99. The van der Waals surface area contributed by atoms with Crippen LogP contribution in [0, 0.1) is 0 Å². The van der Waals surface area contributed by atoms with Crippen LogP contribution in [-0.2, 0) is 4.43 Å². The van der Waals surface area contributed by atoms with Crippen LogP contribution in [0.4, 0.5) is 0 Å². The topological polar surface area (TPSA) is 9.23 Å². The van der Waals surface area contributed by atoms with Crippen LogP contribution >= 0.6 is 0 Å². The lowest BCUT2D eigenvalue weighted by Gasteiger charge is -2.23. The van der Waals surface area contributed by atoms with E-state index in [1.54, 1.807) is 0 Å². The molecule has 1 nitrogen and oxygen atoms in total. The molecule has 1 atom stereocenters. The molecule has 0 aromatic carbocycles. The second-order valence-corrected chi connectivity index (χ2v) is 8.73. The standard InChI is InChI=1S/C9H18OSi/c1-8-6-5-7-9(8)10-11(2,3)4/h9H,1,5-7H2,2-4H3. The van der Waals surface area contributed by atoms with Gasteiger partial charge < -0.3 is 4.43 Å². The predicted molar refractivity (Wildman–Crippen MR) is 51.2 cm³/mol. The van der Waals surface area contributed by atoms with E-state index in [1.165, 1.54) is 24.8 Å². The Bertz CT molecular complexity index is 157. The zero-order valence-electron chi connectivity index (χ0n) is 7.81. The molecule has 0 bridgehead atoms. The molecule has 11 heavy (non-hydrogen) atoms. The van der Waals surface area contributed by atoms with Gasteiger partial charge in [0.15, 0.2) is 8.32 Å². The summed E-state index contributed by atoms with van der Waals surface area (Å²) in [4.78, 5) is 0. The van der Waals surface area contributed by atoms with Gasteiger partial charge >= 0.3 is 0 Å². The van der Waals surface area contributed by atoms with E-state index in [4.69, 9.17) is 4.43 Å². The molecule has 0 aromatic rings. The summed E-state index contributed by atoms with van der Waals surface area (Å²) in [5.41, 5.74) is 1.31. The highest BCUT2D eigenvalue weighted by Crippen LogP contribution is 2.28. The quantitative estimate of drug-likeness (QED) is 0.457. The minimum absolute atomic E-state index is 0.390. The van der Waals surface area contributed by atoms with Crippen LogP contribution in [0.3, 0.4) is 0 Å². The number of rotatable bonds is 2. The monoisotopic (exact) mass is 170 g/mol. The maximum Gasteiger partial charge on any atom is 0.184 e. The Labute approximate surface area is 70.6 Å². The van der Waals surface area contributed by atoms with Gasteiger partial charge in [-0.1, -0.05) is 12.2 Å². The van der Waals surface area contributed by atoms with Crippen molar-refractivity contribution in [2.75, 3.05) is 0 Å². The molecule has 1 saturated carbocycles. The van der Waals surface area contributed by atoms with Crippen LogP contribution in [0.15, 0.2) is 12.2 Å². The predicted octanol–water partition coefficient (Wildman–Crippen LogP) is 2.95. The zero-order valence-corrected chi connectivity index (χ0v) is 8.81. The van der Waals surface area contributed by atoms with Gasteiger partial charge in [0.1, 0.15) is 0 Å². The molecule has 0 aromatic heterocycles.